The van der Waals surface area contributed by atoms with E-state index in [1.165, 1.54) is 44.1 Å². The molecule has 1 saturated carbocycles. The van der Waals surface area contributed by atoms with Crippen molar-refractivity contribution in [3.05, 3.63) is 35.9 Å². The first-order valence-electron chi connectivity index (χ1n) is 7.54. The van der Waals surface area contributed by atoms with Crippen LogP contribution < -0.4 is 5.32 Å². The molecule has 1 heteroatoms. The monoisotopic (exact) mass is 245 g/mol. The molecule has 100 valence electrons. The maximum absolute atomic E-state index is 3.80. The Morgan fingerprint density at radius 1 is 1.11 bits per heavy atom. The second-order valence-electron chi connectivity index (χ2n) is 6.01. The first kappa shape index (κ1) is 13.6. The van der Waals surface area contributed by atoms with Crippen LogP contribution in [0.25, 0.3) is 0 Å². The van der Waals surface area contributed by atoms with Gasteiger partial charge >= 0.3 is 0 Å². The normalized spacial score (nSPS) is 20.6. The summed E-state index contributed by atoms with van der Waals surface area (Å²) >= 11 is 0. The molecule has 0 saturated heterocycles. The van der Waals surface area contributed by atoms with Crippen molar-refractivity contribution in [3.8, 4) is 0 Å². The van der Waals surface area contributed by atoms with E-state index in [-0.39, 0.29) is 0 Å². The Bertz CT molecular complexity index is 338. The molecule has 0 aromatic heterocycles. The zero-order valence-corrected chi connectivity index (χ0v) is 11.9. The molecule has 1 aliphatic carbocycles. The van der Waals surface area contributed by atoms with Gasteiger partial charge in [-0.3, -0.25) is 0 Å². The third-order valence-electron chi connectivity index (χ3n) is 4.42. The lowest BCUT2D eigenvalue weighted by atomic mass is 9.68. The second-order valence-corrected chi connectivity index (χ2v) is 6.01. The van der Waals surface area contributed by atoms with Crippen LogP contribution in [-0.2, 0) is 0 Å². The van der Waals surface area contributed by atoms with E-state index in [4.69, 9.17) is 0 Å². The molecule has 18 heavy (non-hydrogen) atoms. The average molecular weight is 245 g/mol. The van der Waals surface area contributed by atoms with E-state index in [1.54, 1.807) is 0 Å². The molecule has 1 aromatic carbocycles. The van der Waals surface area contributed by atoms with Crippen molar-refractivity contribution in [2.45, 2.75) is 58.4 Å². The first-order valence-corrected chi connectivity index (χ1v) is 7.54. The standard InChI is InChI=1S/C17H27N/c1-3-14-18-16(15-10-6-4-7-11-15)17(2)12-8-5-9-13-17/h4,6-7,10-11,16,18H,3,5,8-9,12-14H2,1-2H3. The van der Waals surface area contributed by atoms with Gasteiger partial charge in [-0.15, -0.1) is 0 Å². The molecule has 1 fully saturated rings. The maximum Gasteiger partial charge on any atom is 0.0374 e. The highest BCUT2D eigenvalue weighted by atomic mass is 14.9. The molecule has 1 aromatic rings. The minimum atomic E-state index is 0.439. The summed E-state index contributed by atoms with van der Waals surface area (Å²) in [5, 5.41) is 3.80. The molecule has 1 aliphatic rings. The topological polar surface area (TPSA) is 12.0 Å². The fourth-order valence-corrected chi connectivity index (χ4v) is 3.35. The van der Waals surface area contributed by atoms with Crippen molar-refractivity contribution >= 4 is 0 Å². The number of hydrogen-bond acceptors (Lipinski definition) is 1. The van der Waals surface area contributed by atoms with E-state index in [0.717, 1.165) is 6.54 Å². The Kier molecular flexibility index (Phi) is 4.82. The zero-order chi connectivity index (χ0) is 12.8. The van der Waals surface area contributed by atoms with Gasteiger partial charge in [0, 0.05) is 6.04 Å². The van der Waals surface area contributed by atoms with Gasteiger partial charge in [0.05, 0.1) is 0 Å². The summed E-state index contributed by atoms with van der Waals surface area (Å²) in [6, 6.07) is 11.5. The Morgan fingerprint density at radius 2 is 1.78 bits per heavy atom. The predicted molar refractivity (Wildman–Crippen MR) is 78.7 cm³/mol. The first-order chi connectivity index (χ1) is 8.76. The lowest BCUT2D eigenvalue weighted by molar-refractivity contribution is 0.145. The summed E-state index contributed by atoms with van der Waals surface area (Å²) in [6.07, 6.45) is 8.15. The van der Waals surface area contributed by atoms with E-state index in [2.05, 4.69) is 49.5 Å². The smallest absolute Gasteiger partial charge is 0.0374 e. The van der Waals surface area contributed by atoms with Gasteiger partial charge in [0.15, 0.2) is 0 Å². The molecule has 1 unspecified atom stereocenters. The summed E-state index contributed by atoms with van der Waals surface area (Å²) in [7, 11) is 0. The largest absolute Gasteiger partial charge is 0.309 e. The molecule has 0 amide bonds. The van der Waals surface area contributed by atoms with Gasteiger partial charge in [0.1, 0.15) is 0 Å². The Hall–Kier alpha value is -0.820. The molecule has 0 bridgehead atoms. The summed E-state index contributed by atoms with van der Waals surface area (Å²) in [5.74, 6) is 0. The van der Waals surface area contributed by atoms with Crippen LogP contribution in [0.5, 0.6) is 0 Å². The average Bonchev–Trinajstić information content (AvgIpc) is 2.41. The fraction of sp³-hybridized carbons (Fsp3) is 0.647. The van der Waals surface area contributed by atoms with Crippen molar-refractivity contribution in [1.29, 1.82) is 0 Å². The van der Waals surface area contributed by atoms with Crippen molar-refractivity contribution in [3.63, 3.8) is 0 Å². The predicted octanol–water partition coefficient (Wildman–Crippen LogP) is 4.70. The van der Waals surface area contributed by atoms with Crippen LogP contribution in [0.15, 0.2) is 30.3 Å². The molecule has 1 N–H and O–H groups in total. The van der Waals surface area contributed by atoms with Crippen LogP contribution in [0.1, 0.15) is 64.0 Å². The Labute approximate surface area is 112 Å². The SMILES string of the molecule is CCCNC(c1ccccc1)C1(C)CCCCC1. The van der Waals surface area contributed by atoms with Crippen LogP contribution in [0.3, 0.4) is 0 Å². The van der Waals surface area contributed by atoms with Crippen LogP contribution in [0, 0.1) is 5.41 Å². The highest BCUT2D eigenvalue weighted by molar-refractivity contribution is 5.21. The van der Waals surface area contributed by atoms with Crippen molar-refractivity contribution < 1.29 is 0 Å². The number of rotatable bonds is 5. The molecule has 2 rings (SSSR count). The van der Waals surface area contributed by atoms with E-state index in [0.29, 0.717) is 11.5 Å². The molecule has 0 radical (unpaired) electrons. The minimum absolute atomic E-state index is 0.439. The quantitative estimate of drug-likeness (QED) is 0.793. The molecule has 0 spiro atoms. The molecular formula is C17H27N. The van der Waals surface area contributed by atoms with Crippen molar-refractivity contribution in [1.82, 2.24) is 5.32 Å². The van der Waals surface area contributed by atoms with Crippen LogP contribution in [0.4, 0.5) is 0 Å². The van der Waals surface area contributed by atoms with Crippen LogP contribution >= 0.6 is 0 Å². The highest BCUT2D eigenvalue weighted by Gasteiger charge is 2.35. The van der Waals surface area contributed by atoms with Crippen molar-refractivity contribution in [2.75, 3.05) is 6.54 Å². The zero-order valence-electron chi connectivity index (χ0n) is 11.9. The number of nitrogens with one attached hydrogen (secondary N) is 1. The van der Waals surface area contributed by atoms with Gasteiger partial charge in [-0.2, -0.15) is 0 Å². The number of hydrogen-bond donors (Lipinski definition) is 1. The summed E-state index contributed by atoms with van der Waals surface area (Å²) in [4.78, 5) is 0. The van der Waals surface area contributed by atoms with E-state index in [1.807, 2.05) is 0 Å². The third kappa shape index (κ3) is 3.14. The summed E-state index contributed by atoms with van der Waals surface area (Å²) in [6.45, 7) is 5.85. The van der Waals surface area contributed by atoms with E-state index < -0.39 is 0 Å². The Balaban J connectivity index is 2.18. The van der Waals surface area contributed by atoms with Gasteiger partial charge in [-0.1, -0.05) is 63.4 Å². The van der Waals surface area contributed by atoms with Crippen LogP contribution in [-0.4, -0.2) is 6.54 Å². The maximum atomic E-state index is 3.80. The molecule has 1 atom stereocenters. The van der Waals surface area contributed by atoms with E-state index in [9.17, 15) is 0 Å². The van der Waals surface area contributed by atoms with E-state index >= 15 is 0 Å². The Morgan fingerprint density at radius 3 is 2.39 bits per heavy atom. The lowest BCUT2D eigenvalue weighted by Crippen LogP contribution is -2.38. The summed E-state index contributed by atoms with van der Waals surface area (Å²) < 4.78 is 0. The third-order valence-corrected chi connectivity index (χ3v) is 4.42. The van der Waals surface area contributed by atoms with Gasteiger partial charge in [0.2, 0.25) is 0 Å². The van der Waals surface area contributed by atoms with Gasteiger partial charge in [-0.25, -0.2) is 0 Å². The fourth-order valence-electron chi connectivity index (χ4n) is 3.35. The number of benzene rings is 1. The minimum Gasteiger partial charge on any atom is -0.309 e. The molecular weight excluding hydrogens is 218 g/mol. The molecule has 1 nitrogen and oxygen atoms in total. The van der Waals surface area contributed by atoms with Crippen LogP contribution in [0.2, 0.25) is 0 Å². The van der Waals surface area contributed by atoms with Gasteiger partial charge in [-0.05, 0) is 36.8 Å². The van der Waals surface area contributed by atoms with Crippen molar-refractivity contribution in [2.24, 2.45) is 5.41 Å². The second kappa shape index (κ2) is 6.38. The van der Waals surface area contributed by atoms with Gasteiger partial charge in [0.25, 0.3) is 0 Å². The lowest BCUT2D eigenvalue weighted by Gasteiger charge is -2.41. The molecule has 0 heterocycles. The van der Waals surface area contributed by atoms with Gasteiger partial charge < -0.3 is 5.32 Å². The summed E-state index contributed by atoms with van der Waals surface area (Å²) in [5.41, 5.74) is 1.91. The molecule has 0 aliphatic heterocycles. The highest BCUT2D eigenvalue weighted by Crippen LogP contribution is 2.45.